The van der Waals surface area contributed by atoms with Crippen LogP contribution in [0.1, 0.15) is 12.0 Å². The van der Waals surface area contributed by atoms with Gasteiger partial charge in [0.2, 0.25) is 0 Å². The molecule has 100 valence electrons. The minimum atomic E-state index is -2.80. The van der Waals surface area contributed by atoms with Crippen molar-refractivity contribution in [2.75, 3.05) is 18.1 Å². The highest BCUT2D eigenvalue weighted by Crippen LogP contribution is 2.24. The molecule has 0 aromatic heterocycles. The Bertz CT molecular complexity index is 511. The fourth-order valence-electron chi connectivity index (χ4n) is 2.14. The molecule has 1 unspecified atom stereocenters. The molecule has 1 atom stereocenters. The first-order valence-electron chi connectivity index (χ1n) is 5.82. The first kappa shape index (κ1) is 14.1. The molecule has 3 nitrogen and oxygen atoms in total. The number of benzene rings is 1. The van der Waals surface area contributed by atoms with Gasteiger partial charge in [0.1, 0.15) is 0 Å². The van der Waals surface area contributed by atoms with Crippen molar-refractivity contribution in [3.05, 3.63) is 33.8 Å². The number of nitrogens with one attached hydrogen (secondary N) is 1. The van der Waals surface area contributed by atoms with Gasteiger partial charge >= 0.3 is 0 Å². The summed E-state index contributed by atoms with van der Waals surface area (Å²) in [5.74, 6) is 0.805. The van der Waals surface area contributed by atoms with Gasteiger partial charge in [-0.2, -0.15) is 0 Å². The van der Waals surface area contributed by atoms with Gasteiger partial charge in [0.05, 0.1) is 11.5 Å². The molecule has 1 aromatic carbocycles. The Labute approximate surface area is 117 Å². The third-order valence-electron chi connectivity index (χ3n) is 3.12. The normalized spacial score (nSPS) is 22.2. The quantitative estimate of drug-likeness (QED) is 0.929. The van der Waals surface area contributed by atoms with Crippen LogP contribution in [0.15, 0.2) is 18.2 Å². The van der Waals surface area contributed by atoms with E-state index in [1.54, 1.807) is 18.2 Å². The van der Waals surface area contributed by atoms with Crippen molar-refractivity contribution < 1.29 is 8.42 Å². The average Bonchev–Trinajstić information content (AvgIpc) is 2.63. The summed E-state index contributed by atoms with van der Waals surface area (Å²) in [6.07, 6.45) is 0.742. The van der Waals surface area contributed by atoms with Crippen molar-refractivity contribution in [2.45, 2.75) is 13.0 Å². The molecule has 1 fully saturated rings. The largest absolute Gasteiger partial charge is 0.312 e. The average molecular weight is 308 g/mol. The summed E-state index contributed by atoms with van der Waals surface area (Å²) < 4.78 is 22.6. The van der Waals surface area contributed by atoms with E-state index in [1.165, 1.54) is 0 Å². The molecule has 0 saturated carbocycles. The highest BCUT2D eigenvalue weighted by molar-refractivity contribution is 7.91. The van der Waals surface area contributed by atoms with Gasteiger partial charge in [-0.25, -0.2) is 8.42 Å². The Kier molecular flexibility index (Phi) is 4.54. The van der Waals surface area contributed by atoms with E-state index in [2.05, 4.69) is 5.32 Å². The molecule has 1 aliphatic heterocycles. The summed E-state index contributed by atoms with van der Waals surface area (Å²) in [6, 6.07) is 5.40. The van der Waals surface area contributed by atoms with Crippen molar-refractivity contribution in [3.8, 4) is 0 Å². The van der Waals surface area contributed by atoms with Gasteiger partial charge in [0.25, 0.3) is 0 Å². The highest BCUT2D eigenvalue weighted by Gasteiger charge is 2.27. The molecule has 18 heavy (non-hydrogen) atoms. The topological polar surface area (TPSA) is 46.2 Å². The fraction of sp³-hybridized carbons (Fsp3) is 0.500. The number of rotatable bonds is 4. The second-order valence-corrected chi connectivity index (χ2v) is 7.64. The number of halogens is 2. The zero-order valence-electron chi connectivity index (χ0n) is 9.83. The predicted octanol–water partition coefficient (Wildman–Crippen LogP) is 2.52. The lowest BCUT2D eigenvalue weighted by Gasteiger charge is -2.11. The fourth-order valence-corrected chi connectivity index (χ4v) is 4.53. The maximum Gasteiger partial charge on any atom is 0.150 e. The van der Waals surface area contributed by atoms with Crippen LogP contribution < -0.4 is 5.32 Å². The number of sulfone groups is 1. The maximum atomic E-state index is 11.3. The van der Waals surface area contributed by atoms with Gasteiger partial charge in [-0.1, -0.05) is 29.3 Å². The van der Waals surface area contributed by atoms with Crippen LogP contribution in [0.4, 0.5) is 0 Å². The Morgan fingerprint density at radius 1 is 1.28 bits per heavy atom. The van der Waals surface area contributed by atoms with Crippen molar-refractivity contribution in [3.63, 3.8) is 0 Å². The Morgan fingerprint density at radius 3 is 2.50 bits per heavy atom. The molecule has 6 heteroatoms. The monoisotopic (exact) mass is 307 g/mol. The van der Waals surface area contributed by atoms with E-state index in [0.717, 1.165) is 12.0 Å². The molecule has 1 aliphatic rings. The summed E-state index contributed by atoms with van der Waals surface area (Å²) in [5, 5.41) is 4.50. The van der Waals surface area contributed by atoms with Gasteiger partial charge in [0, 0.05) is 22.2 Å². The standard InChI is InChI=1S/C12H15Cl2NO2S/c13-11-2-1-3-12(14)10(11)7-15-6-9-4-5-18(16,17)8-9/h1-3,9,15H,4-8H2. The van der Waals surface area contributed by atoms with E-state index < -0.39 is 9.84 Å². The molecule has 0 amide bonds. The molecule has 1 aromatic rings. The van der Waals surface area contributed by atoms with Crippen LogP contribution >= 0.6 is 23.2 Å². The minimum Gasteiger partial charge on any atom is -0.312 e. The Balaban J connectivity index is 1.86. The lowest BCUT2D eigenvalue weighted by molar-refractivity contribution is 0.521. The van der Waals surface area contributed by atoms with Gasteiger partial charge < -0.3 is 5.32 Å². The molecule has 2 rings (SSSR count). The van der Waals surface area contributed by atoms with Crippen LogP contribution in [0.2, 0.25) is 10.0 Å². The Morgan fingerprint density at radius 2 is 1.94 bits per heavy atom. The van der Waals surface area contributed by atoms with Crippen molar-refractivity contribution in [2.24, 2.45) is 5.92 Å². The van der Waals surface area contributed by atoms with Crippen LogP contribution in [0.5, 0.6) is 0 Å². The number of hydrogen-bond acceptors (Lipinski definition) is 3. The third-order valence-corrected chi connectivity index (χ3v) is 5.67. The zero-order valence-corrected chi connectivity index (χ0v) is 12.2. The van der Waals surface area contributed by atoms with Crippen LogP contribution in [0.3, 0.4) is 0 Å². The summed E-state index contributed by atoms with van der Waals surface area (Å²) in [5.41, 5.74) is 0.863. The van der Waals surface area contributed by atoms with Crippen molar-refractivity contribution in [1.82, 2.24) is 5.32 Å². The first-order valence-corrected chi connectivity index (χ1v) is 8.40. The molecule has 0 bridgehead atoms. The van der Waals surface area contributed by atoms with Gasteiger partial charge in [-0.15, -0.1) is 0 Å². The second-order valence-electron chi connectivity index (χ2n) is 4.60. The van der Waals surface area contributed by atoms with Crippen molar-refractivity contribution in [1.29, 1.82) is 0 Å². The van der Waals surface area contributed by atoms with Crippen LogP contribution in [0, 0.1) is 5.92 Å². The summed E-state index contributed by atoms with van der Waals surface area (Å²) >= 11 is 12.1. The van der Waals surface area contributed by atoms with Crippen LogP contribution in [-0.4, -0.2) is 26.5 Å². The smallest absolute Gasteiger partial charge is 0.150 e. The Hall–Kier alpha value is -0.290. The molecular formula is C12H15Cl2NO2S. The molecular weight excluding hydrogens is 293 g/mol. The molecule has 1 heterocycles. The predicted molar refractivity (Wildman–Crippen MR) is 74.9 cm³/mol. The second kappa shape index (κ2) is 5.78. The first-order chi connectivity index (χ1) is 8.48. The van der Waals surface area contributed by atoms with Gasteiger partial charge in [0.15, 0.2) is 9.84 Å². The van der Waals surface area contributed by atoms with Crippen LogP contribution in [0.25, 0.3) is 0 Å². The van der Waals surface area contributed by atoms with E-state index in [9.17, 15) is 8.42 Å². The van der Waals surface area contributed by atoms with E-state index in [-0.39, 0.29) is 11.7 Å². The SMILES string of the molecule is O=S1(=O)CCC(CNCc2c(Cl)cccc2Cl)C1. The van der Waals surface area contributed by atoms with E-state index >= 15 is 0 Å². The van der Waals surface area contributed by atoms with E-state index in [4.69, 9.17) is 23.2 Å². The third kappa shape index (κ3) is 3.60. The summed E-state index contributed by atoms with van der Waals surface area (Å²) in [7, 11) is -2.80. The van der Waals surface area contributed by atoms with Crippen molar-refractivity contribution >= 4 is 33.0 Å². The molecule has 1 N–H and O–H groups in total. The molecule has 0 aliphatic carbocycles. The molecule has 0 spiro atoms. The van der Waals surface area contributed by atoms with Gasteiger partial charge in [-0.3, -0.25) is 0 Å². The lowest BCUT2D eigenvalue weighted by Crippen LogP contribution is -2.23. The lowest BCUT2D eigenvalue weighted by atomic mass is 10.1. The highest BCUT2D eigenvalue weighted by atomic mass is 35.5. The van der Waals surface area contributed by atoms with Gasteiger partial charge in [-0.05, 0) is 31.0 Å². The molecule has 0 radical (unpaired) electrons. The summed E-state index contributed by atoms with van der Waals surface area (Å²) in [6.45, 7) is 1.25. The van der Waals surface area contributed by atoms with Crippen LogP contribution in [-0.2, 0) is 16.4 Å². The number of hydrogen-bond donors (Lipinski definition) is 1. The van der Waals surface area contributed by atoms with E-state index in [0.29, 0.717) is 28.9 Å². The molecule has 1 saturated heterocycles. The summed E-state index contributed by atoms with van der Waals surface area (Å²) in [4.78, 5) is 0. The van der Waals surface area contributed by atoms with E-state index in [1.807, 2.05) is 0 Å². The zero-order chi connectivity index (χ0) is 13.2. The minimum absolute atomic E-state index is 0.205. The maximum absolute atomic E-state index is 11.3.